The first-order valence-corrected chi connectivity index (χ1v) is 5.55. The van der Waals surface area contributed by atoms with E-state index in [9.17, 15) is 28.1 Å². The fourth-order valence-electron chi connectivity index (χ4n) is 1.84. The summed E-state index contributed by atoms with van der Waals surface area (Å²) < 4.78 is 38.9. The molecular formula is C12H8F3N3O3. The van der Waals surface area contributed by atoms with E-state index in [0.29, 0.717) is 12.1 Å². The molecule has 0 bridgehead atoms. The van der Waals surface area contributed by atoms with Crippen LogP contribution in [0.15, 0.2) is 36.5 Å². The number of nitro groups is 1. The van der Waals surface area contributed by atoms with Crippen LogP contribution in [0.5, 0.6) is 0 Å². The second-order valence-electron chi connectivity index (χ2n) is 4.09. The van der Waals surface area contributed by atoms with Crippen LogP contribution in [-0.4, -0.2) is 15.4 Å². The molecule has 110 valence electrons. The number of amides is 1. The van der Waals surface area contributed by atoms with Gasteiger partial charge in [-0.2, -0.15) is 13.2 Å². The Labute approximate surface area is 115 Å². The van der Waals surface area contributed by atoms with Crippen LogP contribution in [0.3, 0.4) is 0 Å². The third-order valence-electron chi connectivity index (χ3n) is 2.76. The van der Waals surface area contributed by atoms with Crippen molar-refractivity contribution in [2.75, 3.05) is 0 Å². The van der Waals surface area contributed by atoms with Gasteiger partial charge in [-0.25, -0.2) is 0 Å². The van der Waals surface area contributed by atoms with E-state index < -0.39 is 28.3 Å². The largest absolute Gasteiger partial charge is 0.416 e. The van der Waals surface area contributed by atoms with Crippen molar-refractivity contribution in [2.24, 2.45) is 5.73 Å². The zero-order valence-corrected chi connectivity index (χ0v) is 10.3. The normalized spacial score (nSPS) is 11.4. The molecule has 21 heavy (non-hydrogen) atoms. The minimum Gasteiger partial charge on any atom is -0.364 e. The van der Waals surface area contributed by atoms with Gasteiger partial charge in [-0.15, -0.1) is 0 Å². The van der Waals surface area contributed by atoms with Crippen LogP contribution in [0.1, 0.15) is 16.1 Å². The van der Waals surface area contributed by atoms with Gasteiger partial charge in [0.25, 0.3) is 11.6 Å². The number of nitro benzene ring substituents is 1. The minimum atomic E-state index is -4.70. The number of carbonyl (C=O) groups is 1. The molecule has 2 rings (SSSR count). The fraction of sp³-hybridized carbons (Fsp3) is 0.0833. The highest BCUT2D eigenvalue weighted by Gasteiger charge is 2.33. The third-order valence-corrected chi connectivity index (χ3v) is 2.76. The van der Waals surface area contributed by atoms with E-state index in [1.165, 1.54) is 18.3 Å². The van der Waals surface area contributed by atoms with Crippen molar-refractivity contribution in [1.82, 2.24) is 4.57 Å². The van der Waals surface area contributed by atoms with Gasteiger partial charge in [-0.1, -0.05) is 0 Å². The molecule has 0 radical (unpaired) electrons. The van der Waals surface area contributed by atoms with Crippen LogP contribution in [0, 0.1) is 10.1 Å². The van der Waals surface area contributed by atoms with Crippen LogP contribution >= 0.6 is 0 Å². The van der Waals surface area contributed by atoms with Gasteiger partial charge in [0.2, 0.25) is 0 Å². The lowest BCUT2D eigenvalue weighted by molar-refractivity contribution is -0.384. The Morgan fingerprint density at radius 3 is 2.48 bits per heavy atom. The maximum Gasteiger partial charge on any atom is 0.416 e. The fourth-order valence-corrected chi connectivity index (χ4v) is 1.84. The van der Waals surface area contributed by atoms with Gasteiger partial charge in [-0.05, 0) is 24.3 Å². The summed E-state index contributed by atoms with van der Waals surface area (Å²) in [5, 5.41) is 11.0. The number of halogens is 3. The number of benzene rings is 1. The van der Waals surface area contributed by atoms with E-state index in [-0.39, 0.29) is 11.4 Å². The third kappa shape index (κ3) is 2.71. The smallest absolute Gasteiger partial charge is 0.364 e. The Morgan fingerprint density at radius 1 is 1.29 bits per heavy atom. The highest BCUT2D eigenvalue weighted by atomic mass is 19.4. The Bertz CT molecular complexity index is 722. The van der Waals surface area contributed by atoms with E-state index in [1.807, 2.05) is 0 Å². The summed E-state index contributed by atoms with van der Waals surface area (Å²) in [5.41, 5.74) is 2.94. The van der Waals surface area contributed by atoms with Crippen molar-refractivity contribution < 1.29 is 22.9 Å². The molecule has 6 nitrogen and oxygen atoms in total. The molecule has 0 unspecified atom stereocenters. The molecule has 1 aromatic heterocycles. The van der Waals surface area contributed by atoms with Crippen molar-refractivity contribution in [3.8, 4) is 5.69 Å². The van der Waals surface area contributed by atoms with Gasteiger partial charge < -0.3 is 10.3 Å². The first-order chi connectivity index (χ1) is 9.71. The molecule has 0 atom stereocenters. The van der Waals surface area contributed by atoms with Crippen LogP contribution in [0.2, 0.25) is 0 Å². The van der Waals surface area contributed by atoms with Gasteiger partial charge in [0.05, 0.1) is 10.5 Å². The van der Waals surface area contributed by atoms with E-state index >= 15 is 0 Å². The lowest BCUT2D eigenvalue weighted by Gasteiger charge is -2.11. The summed E-state index contributed by atoms with van der Waals surface area (Å²) in [6, 6.07) is 4.76. The van der Waals surface area contributed by atoms with E-state index in [4.69, 9.17) is 5.73 Å². The summed E-state index contributed by atoms with van der Waals surface area (Å²) >= 11 is 0. The lowest BCUT2D eigenvalue weighted by Crippen LogP contribution is -2.16. The standard InChI is InChI=1S/C12H8F3N3O3/c13-12(14,15)7-3-4-8(10(6-7)18(20)21)17-5-1-2-9(17)11(16)19/h1-6H,(H2,16,19). The number of aromatic nitrogens is 1. The van der Waals surface area contributed by atoms with Crippen LogP contribution < -0.4 is 5.73 Å². The van der Waals surface area contributed by atoms with Crippen molar-refractivity contribution in [3.05, 3.63) is 57.9 Å². The Kier molecular flexibility index (Phi) is 3.42. The number of hydrogen-bond acceptors (Lipinski definition) is 3. The zero-order valence-electron chi connectivity index (χ0n) is 10.3. The molecule has 2 aromatic rings. The topological polar surface area (TPSA) is 91.2 Å². The molecule has 0 saturated carbocycles. The highest BCUT2D eigenvalue weighted by molar-refractivity contribution is 5.92. The van der Waals surface area contributed by atoms with Crippen LogP contribution in [0.25, 0.3) is 5.69 Å². The van der Waals surface area contributed by atoms with Gasteiger partial charge in [0.1, 0.15) is 11.4 Å². The number of primary amides is 1. The first kappa shape index (κ1) is 14.6. The second kappa shape index (κ2) is 4.93. The predicted octanol–water partition coefficient (Wildman–Crippen LogP) is 2.50. The maximum atomic E-state index is 12.6. The molecule has 0 fully saturated rings. The second-order valence-corrected chi connectivity index (χ2v) is 4.09. The summed E-state index contributed by atoms with van der Waals surface area (Å²) in [6.07, 6.45) is -3.40. The van der Waals surface area contributed by atoms with E-state index in [1.54, 1.807) is 0 Å². The minimum absolute atomic E-state index is 0.0714. The summed E-state index contributed by atoms with van der Waals surface area (Å²) in [4.78, 5) is 21.3. The molecular weight excluding hydrogens is 291 g/mol. The van der Waals surface area contributed by atoms with Gasteiger partial charge >= 0.3 is 6.18 Å². The Morgan fingerprint density at radius 2 is 1.95 bits per heavy atom. The van der Waals surface area contributed by atoms with E-state index in [2.05, 4.69) is 0 Å². The average Bonchev–Trinajstić information content (AvgIpc) is 2.85. The Balaban J connectivity index is 2.67. The molecule has 1 heterocycles. The molecule has 1 amide bonds. The van der Waals surface area contributed by atoms with E-state index in [0.717, 1.165) is 10.6 Å². The van der Waals surface area contributed by atoms with Crippen molar-refractivity contribution in [3.63, 3.8) is 0 Å². The summed E-state index contributed by atoms with van der Waals surface area (Å²) in [7, 11) is 0. The zero-order chi connectivity index (χ0) is 15.8. The predicted molar refractivity (Wildman–Crippen MR) is 65.9 cm³/mol. The number of alkyl halides is 3. The molecule has 0 aliphatic rings. The van der Waals surface area contributed by atoms with Crippen molar-refractivity contribution >= 4 is 11.6 Å². The summed E-state index contributed by atoms with van der Waals surface area (Å²) in [5.74, 6) is -0.853. The number of rotatable bonds is 3. The highest BCUT2D eigenvalue weighted by Crippen LogP contribution is 2.34. The van der Waals surface area contributed by atoms with Gasteiger partial charge in [0, 0.05) is 12.3 Å². The monoisotopic (exact) mass is 299 g/mol. The Hall–Kier alpha value is -2.84. The molecule has 0 aliphatic heterocycles. The van der Waals surface area contributed by atoms with Crippen LogP contribution in [0.4, 0.5) is 18.9 Å². The number of nitrogens with two attached hydrogens (primary N) is 1. The molecule has 2 N–H and O–H groups in total. The molecule has 0 aliphatic carbocycles. The van der Waals surface area contributed by atoms with Crippen molar-refractivity contribution in [2.45, 2.75) is 6.18 Å². The molecule has 0 saturated heterocycles. The number of carbonyl (C=O) groups excluding carboxylic acids is 1. The molecule has 0 spiro atoms. The van der Waals surface area contributed by atoms with Crippen molar-refractivity contribution in [1.29, 1.82) is 0 Å². The van der Waals surface area contributed by atoms with Gasteiger partial charge in [-0.3, -0.25) is 14.9 Å². The molecule has 1 aromatic carbocycles. The average molecular weight is 299 g/mol. The molecule has 9 heteroatoms. The first-order valence-electron chi connectivity index (χ1n) is 5.55. The maximum absolute atomic E-state index is 12.6. The number of hydrogen-bond donors (Lipinski definition) is 1. The lowest BCUT2D eigenvalue weighted by atomic mass is 10.1. The van der Waals surface area contributed by atoms with Gasteiger partial charge in [0.15, 0.2) is 0 Å². The summed E-state index contributed by atoms with van der Waals surface area (Å²) in [6.45, 7) is 0. The number of nitrogens with zero attached hydrogens (tertiary/aromatic N) is 2. The SMILES string of the molecule is NC(=O)c1cccn1-c1ccc(C(F)(F)F)cc1[N+](=O)[O-]. The van der Waals surface area contributed by atoms with Crippen LogP contribution in [-0.2, 0) is 6.18 Å². The quantitative estimate of drug-likeness (QED) is 0.697.